The van der Waals surface area contributed by atoms with Crippen LogP contribution in [-0.4, -0.2) is 42.2 Å². The average molecular weight is 325 g/mol. The van der Waals surface area contributed by atoms with Crippen LogP contribution in [-0.2, 0) is 4.74 Å². The van der Waals surface area contributed by atoms with Crippen LogP contribution in [0.4, 0.5) is 4.79 Å². The van der Waals surface area contributed by atoms with Gasteiger partial charge in [-0.05, 0) is 30.5 Å². The molecule has 2 heterocycles. The van der Waals surface area contributed by atoms with E-state index in [0.717, 1.165) is 18.5 Å². The molecule has 0 spiro atoms. The van der Waals surface area contributed by atoms with Crippen molar-refractivity contribution in [3.63, 3.8) is 0 Å². The molecule has 1 aromatic heterocycles. The van der Waals surface area contributed by atoms with Gasteiger partial charge in [0.2, 0.25) is 0 Å². The number of ether oxygens (including phenoxy) is 1. The van der Waals surface area contributed by atoms with Gasteiger partial charge in [-0.1, -0.05) is 36.4 Å². The van der Waals surface area contributed by atoms with Gasteiger partial charge in [-0.15, -0.1) is 0 Å². The number of pyridine rings is 1. The zero-order valence-corrected chi connectivity index (χ0v) is 13.9. The van der Waals surface area contributed by atoms with Crippen LogP contribution in [0.25, 0.3) is 0 Å². The Morgan fingerprint density at radius 2 is 1.88 bits per heavy atom. The van der Waals surface area contributed by atoms with Crippen LogP contribution >= 0.6 is 0 Å². The lowest BCUT2D eigenvalue weighted by atomic mass is 9.98. The van der Waals surface area contributed by atoms with Crippen LogP contribution in [0.2, 0.25) is 0 Å². The number of hydrogen-bond donors (Lipinski definition) is 1. The second-order valence-electron chi connectivity index (χ2n) is 6.00. The third-order valence-corrected chi connectivity index (χ3v) is 4.45. The van der Waals surface area contributed by atoms with E-state index in [9.17, 15) is 4.79 Å². The molecule has 1 aliphatic rings. The molecule has 0 bridgehead atoms. The molecule has 3 rings (SSSR count). The number of aromatic nitrogens is 1. The number of benzene rings is 1. The highest BCUT2D eigenvalue weighted by Crippen LogP contribution is 2.23. The second-order valence-corrected chi connectivity index (χ2v) is 6.00. The van der Waals surface area contributed by atoms with Crippen molar-refractivity contribution in [1.29, 1.82) is 0 Å². The van der Waals surface area contributed by atoms with Crippen molar-refractivity contribution >= 4 is 6.09 Å². The molecule has 2 aromatic rings. The first-order chi connectivity index (χ1) is 11.8. The molecule has 1 amide bonds. The first-order valence-corrected chi connectivity index (χ1v) is 8.32. The lowest BCUT2D eigenvalue weighted by Crippen LogP contribution is -2.46. The van der Waals surface area contributed by atoms with Crippen molar-refractivity contribution < 1.29 is 9.53 Å². The van der Waals surface area contributed by atoms with Crippen LogP contribution in [0.1, 0.15) is 30.1 Å². The highest BCUT2D eigenvalue weighted by molar-refractivity contribution is 5.67. The van der Waals surface area contributed by atoms with E-state index in [1.165, 1.54) is 12.7 Å². The van der Waals surface area contributed by atoms with Gasteiger partial charge in [0.15, 0.2) is 0 Å². The van der Waals surface area contributed by atoms with E-state index >= 15 is 0 Å². The van der Waals surface area contributed by atoms with Gasteiger partial charge in [0.25, 0.3) is 0 Å². The lowest BCUT2D eigenvalue weighted by Gasteiger charge is -2.33. The summed E-state index contributed by atoms with van der Waals surface area (Å²) in [6.45, 7) is 1.43. The molecule has 1 saturated heterocycles. The smallest absolute Gasteiger partial charge is 0.409 e. The number of carbonyl (C=O) groups is 1. The summed E-state index contributed by atoms with van der Waals surface area (Å²) in [4.78, 5) is 17.9. The van der Waals surface area contributed by atoms with Gasteiger partial charge in [-0.2, -0.15) is 0 Å². The van der Waals surface area contributed by atoms with Crippen LogP contribution in [0, 0.1) is 0 Å². The van der Waals surface area contributed by atoms with E-state index in [4.69, 9.17) is 4.74 Å². The highest BCUT2D eigenvalue weighted by atomic mass is 16.5. The Balaban J connectivity index is 1.71. The topological polar surface area (TPSA) is 54.5 Å². The number of hydrogen-bond acceptors (Lipinski definition) is 4. The molecular weight excluding hydrogens is 302 g/mol. The van der Waals surface area contributed by atoms with Gasteiger partial charge >= 0.3 is 6.09 Å². The molecular formula is C19H23N3O2. The Bertz CT molecular complexity index is 601. The number of rotatable bonds is 4. The molecule has 5 nitrogen and oxygen atoms in total. The monoisotopic (exact) mass is 325 g/mol. The molecule has 1 fully saturated rings. The second kappa shape index (κ2) is 7.93. The summed E-state index contributed by atoms with van der Waals surface area (Å²) in [5.41, 5.74) is 2.21. The molecule has 5 heteroatoms. The summed E-state index contributed by atoms with van der Waals surface area (Å²) in [6.07, 6.45) is 3.40. The minimum atomic E-state index is -0.238. The molecule has 0 radical (unpaired) electrons. The number of carbonyl (C=O) groups excluding carboxylic acids is 1. The number of likely N-dealkylation sites (tertiary alicyclic amines) is 1. The van der Waals surface area contributed by atoms with Gasteiger partial charge in [-0.25, -0.2) is 4.79 Å². The minimum Gasteiger partial charge on any atom is -0.453 e. The Kier molecular flexibility index (Phi) is 5.43. The van der Waals surface area contributed by atoms with E-state index in [1.54, 1.807) is 4.90 Å². The van der Waals surface area contributed by atoms with Gasteiger partial charge in [0.05, 0.1) is 18.8 Å². The molecule has 1 N–H and O–H groups in total. The first kappa shape index (κ1) is 16.5. The number of nitrogens with zero attached hydrogens (tertiary/aromatic N) is 2. The third-order valence-electron chi connectivity index (χ3n) is 4.45. The molecule has 0 saturated carbocycles. The van der Waals surface area contributed by atoms with E-state index in [1.807, 2.05) is 42.6 Å². The minimum absolute atomic E-state index is 0.0575. The predicted octanol–water partition coefficient (Wildman–Crippen LogP) is 2.99. The van der Waals surface area contributed by atoms with Crippen molar-refractivity contribution in [2.45, 2.75) is 24.9 Å². The van der Waals surface area contributed by atoms with Crippen molar-refractivity contribution in [3.05, 3.63) is 66.0 Å². The molecule has 126 valence electrons. The largest absolute Gasteiger partial charge is 0.453 e. The molecule has 0 unspecified atom stereocenters. The maximum absolute atomic E-state index is 11.6. The van der Waals surface area contributed by atoms with Crippen molar-refractivity contribution in [3.8, 4) is 0 Å². The van der Waals surface area contributed by atoms with Gasteiger partial charge in [0, 0.05) is 25.3 Å². The predicted molar refractivity (Wildman–Crippen MR) is 92.7 cm³/mol. The Labute approximate surface area is 142 Å². The Morgan fingerprint density at radius 3 is 2.50 bits per heavy atom. The summed E-state index contributed by atoms with van der Waals surface area (Å²) in [5.74, 6) is 0. The van der Waals surface area contributed by atoms with E-state index < -0.39 is 0 Å². The summed E-state index contributed by atoms with van der Waals surface area (Å²) in [7, 11) is 1.43. The van der Waals surface area contributed by atoms with E-state index in [-0.39, 0.29) is 12.1 Å². The molecule has 24 heavy (non-hydrogen) atoms. The quantitative estimate of drug-likeness (QED) is 0.939. The van der Waals surface area contributed by atoms with E-state index in [2.05, 4.69) is 22.4 Å². The summed E-state index contributed by atoms with van der Waals surface area (Å²) in [5, 5.41) is 3.72. The van der Waals surface area contributed by atoms with Gasteiger partial charge in [-0.3, -0.25) is 4.98 Å². The number of piperidine rings is 1. The van der Waals surface area contributed by atoms with Crippen LogP contribution in [0.3, 0.4) is 0 Å². The van der Waals surface area contributed by atoms with Crippen molar-refractivity contribution in [2.75, 3.05) is 20.2 Å². The van der Waals surface area contributed by atoms with Crippen LogP contribution in [0.15, 0.2) is 54.7 Å². The SMILES string of the molecule is COC(=O)N1CCC(N[C@H](c2ccccc2)c2ccccn2)CC1. The third kappa shape index (κ3) is 3.92. The first-order valence-electron chi connectivity index (χ1n) is 8.32. The standard InChI is InChI=1S/C19H23N3O2/c1-24-19(23)22-13-10-16(11-14-22)21-18(15-7-3-2-4-8-15)17-9-5-6-12-20-17/h2-9,12,16,18,21H,10-11,13-14H2,1H3/t18-/m1/s1. The fraction of sp³-hybridized carbons (Fsp3) is 0.368. The fourth-order valence-electron chi connectivity index (χ4n) is 3.14. The van der Waals surface area contributed by atoms with Crippen molar-refractivity contribution in [1.82, 2.24) is 15.2 Å². The Hall–Kier alpha value is -2.40. The normalized spacial score (nSPS) is 16.6. The number of nitrogens with one attached hydrogen (secondary N) is 1. The van der Waals surface area contributed by atoms with Crippen LogP contribution < -0.4 is 5.32 Å². The van der Waals surface area contributed by atoms with E-state index in [0.29, 0.717) is 19.1 Å². The Morgan fingerprint density at radius 1 is 1.17 bits per heavy atom. The summed E-state index contributed by atoms with van der Waals surface area (Å²) in [6, 6.07) is 16.8. The molecule has 1 aromatic carbocycles. The lowest BCUT2D eigenvalue weighted by molar-refractivity contribution is 0.109. The maximum Gasteiger partial charge on any atom is 0.409 e. The maximum atomic E-state index is 11.6. The average Bonchev–Trinajstić information content (AvgIpc) is 2.67. The summed E-state index contributed by atoms with van der Waals surface area (Å²) >= 11 is 0. The highest BCUT2D eigenvalue weighted by Gasteiger charge is 2.26. The van der Waals surface area contributed by atoms with Crippen LogP contribution in [0.5, 0.6) is 0 Å². The fourth-order valence-corrected chi connectivity index (χ4v) is 3.14. The summed E-state index contributed by atoms with van der Waals surface area (Å²) < 4.78 is 4.80. The zero-order chi connectivity index (χ0) is 16.8. The van der Waals surface area contributed by atoms with Gasteiger partial charge < -0.3 is 15.0 Å². The number of amides is 1. The molecule has 1 atom stereocenters. The number of methoxy groups -OCH3 is 1. The zero-order valence-electron chi connectivity index (χ0n) is 13.9. The van der Waals surface area contributed by atoms with Crippen molar-refractivity contribution in [2.24, 2.45) is 0 Å². The van der Waals surface area contributed by atoms with Gasteiger partial charge in [0.1, 0.15) is 0 Å². The molecule has 0 aliphatic carbocycles. The molecule has 1 aliphatic heterocycles.